The van der Waals surface area contributed by atoms with Gasteiger partial charge in [-0.25, -0.2) is 0 Å². The van der Waals surface area contributed by atoms with Crippen molar-refractivity contribution in [3.8, 4) is 5.75 Å². The lowest BCUT2D eigenvalue weighted by Gasteiger charge is -2.11. The van der Waals surface area contributed by atoms with Gasteiger partial charge in [-0.2, -0.15) is 0 Å². The van der Waals surface area contributed by atoms with E-state index in [0.29, 0.717) is 18.7 Å². The van der Waals surface area contributed by atoms with Gasteiger partial charge in [0.15, 0.2) is 0 Å². The Morgan fingerprint density at radius 1 is 1.27 bits per heavy atom. The Labute approximate surface area is 129 Å². The number of amides is 1. The van der Waals surface area contributed by atoms with Crippen molar-refractivity contribution in [2.75, 3.05) is 13.2 Å². The van der Waals surface area contributed by atoms with Gasteiger partial charge in [-0.3, -0.25) is 4.79 Å². The molecular formula is C17H19NO4. The Hall–Kier alpha value is -2.27. The summed E-state index contributed by atoms with van der Waals surface area (Å²) in [7, 11) is 0. The van der Waals surface area contributed by atoms with Crippen LogP contribution in [0.2, 0.25) is 0 Å². The van der Waals surface area contributed by atoms with E-state index in [9.17, 15) is 4.79 Å². The maximum absolute atomic E-state index is 12.0. The van der Waals surface area contributed by atoms with Crippen molar-refractivity contribution < 1.29 is 18.7 Å². The van der Waals surface area contributed by atoms with Crippen molar-refractivity contribution in [2.24, 2.45) is 0 Å². The second-order valence-corrected chi connectivity index (χ2v) is 5.23. The number of furan rings is 1. The molecule has 1 aromatic heterocycles. The molecule has 1 aliphatic heterocycles. The normalized spacial score (nSPS) is 17.4. The molecule has 22 heavy (non-hydrogen) atoms. The van der Waals surface area contributed by atoms with E-state index in [1.165, 1.54) is 0 Å². The number of rotatable bonds is 6. The standard InChI is InChI=1S/C17H19NO4/c19-17(18-11-15-3-1-9-20-15)13-5-7-14(8-6-13)22-12-16-4-2-10-21-16/h1,3,5-9,16H,2,4,10-12H2,(H,18,19)/t16-/m1/s1. The van der Waals surface area contributed by atoms with Gasteiger partial charge < -0.3 is 19.2 Å². The molecule has 3 rings (SSSR count). The van der Waals surface area contributed by atoms with Crippen LogP contribution in [0.3, 0.4) is 0 Å². The summed E-state index contributed by atoms with van der Waals surface area (Å²) in [5.41, 5.74) is 0.594. The molecule has 2 aromatic rings. The number of carbonyl (C=O) groups excluding carboxylic acids is 1. The van der Waals surface area contributed by atoms with Crippen LogP contribution in [-0.2, 0) is 11.3 Å². The summed E-state index contributed by atoms with van der Waals surface area (Å²) < 4.78 is 16.4. The van der Waals surface area contributed by atoms with Crippen LogP contribution in [0.5, 0.6) is 5.75 Å². The van der Waals surface area contributed by atoms with Gasteiger partial charge in [0.25, 0.3) is 5.91 Å². The monoisotopic (exact) mass is 301 g/mol. The summed E-state index contributed by atoms with van der Waals surface area (Å²) in [6.07, 6.45) is 3.92. The zero-order valence-electron chi connectivity index (χ0n) is 12.3. The Morgan fingerprint density at radius 3 is 2.82 bits per heavy atom. The molecule has 1 aliphatic rings. The van der Waals surface area contributed by atoms with Crippen molar-refractivity contribution in [3.63, 3.8) is 0 Å². The Kier molecular flexibility index (Phi) is 4.75. The molecule has 2 heterocycles. The van der Waals surface area contributed by atoms with Crippen LogP contribution in [-0.4, -0.2) is 25.2 Å². The first-order valence-corrected chi connectivity index (χ1v) is 7.46. The van der Waals surface area contributed by atoms with E-state index >= 15 is 0 Å². The van der Waals surface area contributed by atoms with Gasteiger partial charge in [-0.15, -0.1) is 0 Å². The molecule has 0 radical (unpaired) electrons. The van der Waals surface area contributed by atoms with Crippen LogP contribution < -0.4 is 10.1 Å². The molecule has 0 aliphatic carbocycles. The highest BCUT2D eigenvalue weighted by molar-refractivity contribution is 5.94. The van der Waals surface area contributed by atoms with Gasteiger partial charge in [-0.05, 0) is 49.2 Å². The van der Waals surface area contributed by atoms with E-state index in [0.717, 1.165) is 31.0 Å². The topological polar surface area (TPSA) is 60.7 Å². The van der Waals surface area contributed by atoms with Crippen LogP contribution >= 0.6 is 0 Å². The second kappa shape index (κ2) is 7.13. The molecule has 0 spiro atoms. The van der Waals surface area contributed by atoms with Crippen LogP contribution in [0.1, 0.15) is 29.0 Å². The highest BCUT2D eigenvalue weighted by atomic mass is 16.5. The second-order valence-electron chi connectivity index (χ2n) is 5.23. The first-order chi connectivity index (χ1) is 10.8. The van der Waals surface area contributed by atoms with Crippen molar-refractivity contribution in [2.45, 2.75) is 25.5 Å². The highest BCUT2D eigenvalue weighted by Gasteiger charge is 2.16. The largest absolute Gasteiger partial charge is 0.491 e. The van der Waals surface area contributed by atoms with Gasteiger partial charge in [0, 0.05) is 12.2 Å². The quantitative estimate of drug-likeness (QED) is 0.891. The minimum absolute atomic E-state index is 0.137. The van der Waals surface area contributed by atoms with E-state index in [1.807, 2.05) is 6.07 Å². The van der Waals surface area contributed by atoms with Crippen molar-refractivity contribution in [1.82, 2.24) is 5.32 Å². The van der Waals surface area contributed by atoms with Gasteiger partial charge in [-0.1, -0.05) is 0 Å². The number of nitrogens with one attached hydrogen (secondary N) is 1. The van der Waals surface area contributed by atoms with Crippen molar-refractivity contribution in [1.29, 1.82) is 0 Å². The van der Waals surface area contributed by atoms with Crippen molar-refractivity contribution in [3.05, 3.63) is 54.0 Å². The predicted octanol–water partition coefficient (Wildman–Crippen LogP) is 2.77. The molecule has 5 heteroatoms. The molecule has 5 nitrogen and oxygen atoms in total. The fourth-order valence-electron chi connectivity index (χ4n) is 2.35. The van der Waals surface area contributed by atoms with Crippen LogP contribution in [0.15, 0.2) is 47.1 Å². The molecule has 1 aromatic carbocycles. The maximum atomic E-state index is 12.0. The zero-order valence-corrected chi connectivity index (χ0v) is 12.3. The lowest BCUT2D eigenvalue weighted by Crippen LogP contribution is -2.22. The number of carbonyl (C=O) groups is 1. The predicted molar refractivity (Wildman–Crippen MR) is 80.8 cm³/mol. The lowest BCUT2D eigenvalue weighted by molar-refractivity contribution is 0.0679. The molecule has 1 saturated heterocycles. The Bertz CT molecular complexity index is 586. The molecule has 1 amide bonds. The van der Waals surface area contributed by atoms with Gasteiger partial charge in [0.05, 0.1) is 18.9 Å². The SMILES string of the molecule is O=C(NCc1ccco1)c1ccc(OC[C@H]2CCCO2)cc1. The fraction of sp³-hybridized carbons (Fsp3) is 0.353. The van der Waals surface area contributed by atoms with Crippen LogP contribution in [0.25, 0.3) is 0 Å². The summed E-state index contributed by atoms with van der Waals surface area (Å²) in [5.74, 6) is 1.34. The maximum Gasteiger partial charge on any atom is 0.251 e. The smallest absolute Gasteiger partial charge is 0.251 e. The number of hydrogen-bond acceptors (Lipinski definition) is 4. The highest BCUT2D eigenvalue weighted by Crippen LogP contribution is 2.16. The summed E-state index contributed by atoms with van der Waals surface area (Å²) in [4.78, 5) is 12.0. The van der Waals surface area contributed by atoms with Gasteiger partial charge in [0.2, 0.25) is 0 Å². The molecule has 0 saturated carbocycles. The third kappa shape index (κ3) is 3.89. The molecule has 1 fully saturated rings. The number of hydrogen-bond donors (Lipinski definition) is 1. The first-order valence-electron chi connectivity index (χ1n) is 7.46. The molecule has 116 valence electrons. The summed E-state index contributed by atoms with van der Waals surface area (Å²) >= 11 is 0. The fourth-order valence-corrected chi connectivity index (χ4v) is 2.35. The summed E-state index contributed by atoms with van der Waals surface area (Å²) in [6.45, 7) is 1.76. The summed E-state index contributed by atoms with van der Waals surface area (Å²) in [5, 5.41) is 2.80. The van der Waals surface area contributed by atoms with Crippen molar-refractivity contribution >= 4 is 5.91 Å². The Balaban J connectivity index is 1.48. The van der Waals surface area contributed by atoms with Crippen LogP contribution in [0, 0.1) is 0 Å². The van der Waals surface area contributed by atoms with E-state index in [1.54, 1.807) is 36.6 Å². The third-order valence-corrected chi connectivity index (χ3v) is 3.58. The van der Waals surface area contributed by atoms with Gasteiger partial charge >= 0.3 is 0 Å². The molecule has 0 unspecified atom stereocenters. The van der Waals surface area contributed by atoms with E-state index < -0.39 is 0 Å². The van der Waals surface area contributed by atoms with Gasteiger partial charge in [0.1, 0.15) is 18.1 Å². The van der Waals surface area contributed by atoms with E-state index in [4.69, 9.17) is 13.9 Å². The minimum atomic E-state index is -0.137. The molecular weight excluding hydrogens is 282 g/mol. The number of benzene rings is 1. The van der Waals surface area contributed by atoms with Crippen LogP contribution in [0.4, 0.5) is 0 Å². The molecule has 1 N–H and O–H groups in total. The lowest BCUT2D eigenvalue weighted by atomic mass is 10.2. The zero-order chi connectivity index (χ0) is 15.2. The third-order valence-electron chi connectivity index (χ3n) is 3.58. The minimum Gasteiger partial charge on any atom is -0.491 e. The molecule has 1 atom stereocenters. The van der Waals surface area contributed by atoms with E-state index in [2.05, 4.69) is 5.32 Å². The summed E-state index contributed by atoms with van der Waals surface area (Å²) in [6, 6.07) is 10.7. The number of ether oxygens (including phenoxy) is 2. The van der Waals surface area contributed by atoms with E-state index in [-0.39, 0.29) is 12.0 Å². The average Bonchev–Trinajstić information content (AvgIpc) is 3.24. The average molecular weight is 301 g/mol. The first kappa shape index (κ1) is 14.7. The molecule has 0 bridgehead atoms. The Morgan fingerprint density at radius 2 is 2.14 bits per heavy atom.